The van der Waals surface area contributed by atoms with Gasteiger partial charge in [-0.2, -0.15) is 9.28 Å². The van der Waals surface area contributed by atoms with Crippen LogP contribution in [0, 0.1) is 0 Å². The Labute approximate surface area is 103 Å². The molecule has 2 unspecified atom stereocenters. The Hall–Kier alpha value is -1.84. The number of hydrogen-bond donors (Lipinski definition) is 2. The maximum atomic E-state index is 13.4. The average Bonchev–Trinajstić information content (AvgIpc) is 2.36. The monoisotopic (exact) mass is 266 g/mol. The third-order valence-electron chi connectivity index (χ3n) is 2.62. The van der Waals surface area contributed by atoms with Crippen LogP contribution in [0.5, 0.6) is 0 Å². The van der Waals surface area contributed by atoms with Gasteiger partial charge in [-0.15, -0.1) is 0 Å². The number of alkyl halides is 1. The number of carbonyl (C=O) groups excluding carboxylic acids is 1. The molecule has 0 aromatic heterocycles. The van der Waals surface area contributed by atoms with Crippen LogP contribution in [-0.4, -0.2) is 10.8 Å². The summed E-state index contributed by atoms with van der Waals surface area (Å²) in [6, 6.07) is 9.30. The standard InChI is InChI=1S/C12H9FNO3P/c13-11(18(16)17)8-3-1-7-2-4-9(12(14)15)6-10(7)5-8/h1-6,11H,(H2-,14,15,16,17)/p+1. The van der Waals surface area contributed by atoms with Crippen LogP contribution in [0.2, 0.25) is 0 Å². The third-order valence-corrected chi connectivity index (χ3v) is 3.30. The van der Waals surface area contributed by atoms with E-state index >= 15 is 0 Å². The first kappa shape index (κ1) is 12.6. The lowest BCUT2D eigenvalue weighted by molar-refractivity contribution is 0.100. The van der Waals surface area contributed by atoms with E-state index in [1.807, 2.05) is 0 Å². The van der Waals surface area contributed by atoms with Gasteiger partial charge in [-0.3, -0.25) is 4.79 Å². The number of primary amides is 1. The van der Waals surface area contributed by atoms with Crippen molar-refractivity contribution in [3.05, 3.63) is 47.5 Å². The minimum atomic E-state index is -2.92. The largest absolute Gasteiger partial charge is 0.547 e. The Bertz CT molecular complexity index is 644. The summed E-state index contributed by atoms with van der Waals surface area (Å²) in [5, 5.41) is 1.40. The molecule has 0 saturated carbocycles. The van der Waals surface area contributed by atoms with Gasteiger partial charge in [0.2, 0.25) is 5.91 Å². The Balaban J connectivity index is 2.55. The van der Waals surface area contributed by atoms with Crippen molar-refractivity contribution in [3.63, 3.8) is 0 Å². The topological polar surface area (TPSA) is 80.4 Å². The van der Waals surface area contributed by atoms with E-state index in [0.29, 0.717) is 10.9 Å². The summed E-state index contributed by atoms with van der Waals surface area (Å²) in [6.45, 7) is 0. The molecule has 2 aromatic rings. The Morgan fingerprint density at radius 2 is 1.89 bits per heavy atom. The summed E-state index contributed by atoms with van der Waals surface area (Å²) < 4.78 is 24.1. The second kappa shape index (κ2) is 4.80. The Morgan fingerprint density at radius 1 is 1.22 bits per heavy atom. The molecule has 18 heavy (non-hydrogen) atoms. The van der Waals surface area contributed by atoms with Gasteiger partial charge in [0.25, 0.3) is 0 Å². The summed E-state index contributed by atoms with van der Waals surface area (Å²) in [4.78, 5) is 19.8. The van der Waals surface area contributed by atoms with E-state index in [9.17, 15) is 13.8 Å². The fourth-order valence-corrected chi connectivity index (χ4v) is 2.11. The van der Waals surface area contributed by atoms with Gasteiger partial charge in [-0.05, 0) is 33.5 Å². The van der Waals surface area contributed by atoms with Gasteiger partial charge in [-0.1, -0.05) is 18.2 Å². The Kier molecular flexibility index (Phi) is 3.36. The highest BCUT2D eigenvalue weighted by atomic mass is 31.1. The lowest BCUT2D eigenvalue weighted by atomic mass is 10.0. The zero-order chi connectivity index (χ0) is 13.3. The van der Waals surface area contributed by atoms with Crippen LogP contribution in [0.4, 0.5) is 4.39 Å². The molecule has 0 spiro atoms. The van der Waals surface area contributed by atoms with E-state index in [4.69, 9.17) is 10.6 Å². The average molecular weight is 266 g/mol. The highest BCUT2D eigenvalue weighted by Gasteiger charge is 2.30. The molecule has 0 saturated heterocycles. The summed E-state index contributed by atoms with van der Waals surface area (Å²) in [5.74, 6) is -2.51. The van der Waals surface area contributed by atoms with Gasteiger partial charge < -0.3 is 5.73 Å². The van der Waals surface area contributed by atoms with Crippen molar-refractivity contribution >= 4 is 24.7 Å². The van der Waals surface area contributed by atoms with E-state index in [2.05, 4.69) is 0 Å². The second-order valence-electron chi connectivity index (χ2n) is 3.82. The quantitative estimate of drug-likeness (QED) is 0.838. The predicted octanol–water partition coefficient (Wildman–Crippen LogP) is 2.64. The molecule has 0 fully saturated rings. The Morgan fingerprint density at radius 3 is 2.50 bits per heavy atom. The normalized spacial score (nSPS) is 13.3. The van der Waals surface area contributed by atoms with Gasteiger partial charge in [0.1, 0.15) is 0 Å². The molecule has 92 valence electrons. The van der Waals surface area contributed by atoms with E-state index in [-0.39, 0.29) is 5.56 Å². The van der Waals surface area contributed by atoms with Crippen molar-refractivity contribution in [1.82, 2.24) is 0 Å². The molecule has 3 N–H and O–H groups in total. The van der Waals surface area contributed by atoms with E-state index in [1.165, 1.54) is 18.2 Å². The molecular formula is C12H10FNO3P+. The summed E-state index contributed by atoms with van der Waals surface area (Å²) in [7, 11) is -2.92. The molecule has 0 aliphatic heterocycles. The van der Waals surface area contributed by atoms with Crippen molar-refractivity contribution < 1.29 is 18.6 Å². The van der Waals surface area contributed by atoms with Gasteiger partial charge in [0.15, 0.2) is 0 Å². The van der Waals surface area contributed by atoms with Crippen molar-refractivity contribution in [2.45, 2.75) is 5.91 Å². The van der Waals surface area contributed by atoms with Crippen LogP contribution in [0.25, 0.3) is 10.8 Å². The SMILES string of the molecule is NC(=O)c1ccc2ccc(C(F)[P+](=O)O)cc2c1. The smallest absolute Gasteiger partial charge is 0.366 e. The molecule has 0 aliphatic rings. The molecular weight excluding hydrogens is 256 g/mol. The van der Waals surface area contributed by atoms with E-state index < -0.39 is 19.8 Å². The minimum absolute atomic E-state index is 0.104. The lowest BCUT2D eigenvalue weighted by Crippen LogP contribution is -2.10. The van der Waals surface area contributed by atoms with Crippen LogP contribution in [-0.2, 0) is 4.57 Å². The van der Waals surface area contributed by atoms with Crippen LogP contribution in [0.1, 0.15) is 21.8 Å². The second-order valence-corrected chi connectivity index (χ2v) is 4.88. The van der Waals surface area contributed by atoms with Gasteiger partial charge >= 0.3 is 13.9 Å². The molecule has 0 bridgehead atoms. The maximum Gasteiger partial charge on any atom is 0.547 e. The number of rotatable bonds is 3. The fourth-order valence-electron chi connectivity index (χ4n) is 1.69. The number of amides is 1. The first-order chi connectivity index (χ1) is 8.49. The molecule has 2 atom stereocenters. The van der Waals surface area contributed by atoms with Gasteiger partial charge in [0, 0.05) is 11.1 Å². The van der Waals surface area contributed by atoms with Gasteiger partial charge in [0.05, 0.1) is 0 Å². The number of fused-ring (bicyclic) bond motifs is 1. The number of hydrogen-bond acceptors (Lipinski definition) is 2. The third kappa shape index (κ3) is 2.37. The molecule has 1 amide bonds. The summed E-state index contributed by atoms with van der Waals surface area (Å²) >= 11 is 0. The van der Waals surface area contributed by atoms with Crippen LogP contribution < -0.4 is 5.73 Å². The molecule has 0 radical (unpaired) electrons. The highest BCUT2D eigenvalue weighted by Crippen LogP contribution is 2.39. The number of halogens is 1. The zero-order valence-corrected chi connectivity index (χ0v) is 10.1. The zero-order valence-electron chi connectivity index (χ0n) is 9.21. The molecule has 0 heterocycles. The maximum absolute atomic E-state index is 13.4. The van der Waals surface area contributed by atoms with Crippen LogP contribution >= 0.6 is 8.03 Å². The van der Waals surface area contributed by atoms with Crippen molar-refractivity contribution in [2.75, 3.05) is 0 Å². The molecule has 2 aromatic carbocycles. The molecule has 2 rings (SSSR count). The molecule has 0 aliphatic carbocycles. The summed E-state index contributed by atoms with van der Waals surface area (Å²) in [5.41, 5.74) is 5.56. The van der Waals surface area contributed by atoms with E-state index in [1.54, 1.807) is 18.2 Å². The fraction of sp³-hybridized carbons (Fsp3) is 0.0833. The molecule has 6 heteroatoms. The number of nitrogens with two attached hydrogens (primary N) is 1. The van der Waals surface area contributed by atoms with Gasteiger partial charge in [-0.25, -0.2) is 0 Å². The predicted molar refractivity (Wildman–Crippen MR) is 66.1 cm³/mol. The first-order valence-corrected chi connectivity index (χ1v) is 6.40. The lowest BCUT2D eigenvalue weighted by Gasteiger charge is -2.03. The summed E-state index contributed by atoms with van der Waals surface area (Å²) in [6.07, 6.45) is 0. The van der Waals surface area contributed by atoms with E-state index in [0.717, 1.165) is 5.39 Å². The number of carbonyl (C=O) groups is 1. The molecule has 4 nitrogen and oxygen atoms in total. The van der Waals surface area contributed by atoms with Crippen molar-refractivity contribution in [2.24, 2.45) is 5.73 Å². The number of benzene rings is 2. The van der Waals surface area contributed by atoms with Crippen LogP contribution in [0.3, 0.4) is 0 Å². The highest BCUT2D eigenvalue weighted by molar-refractivity contribution is 7.38. The van der Waals surface area contributed by atoms with Crippen LogP contribution in [0.15, 0.2) is 36.4 Å². The minimum Gasteiger partial charge on any atom is -0.366 e. The van der Waals surface area contributed by atoms with Crippen molar-refractivity contribution in [1.29, 1.82) is 0 Å². The van der Waals surface area contributed by atoms with Crippen molar-refractivity contribution in [3.8, 4) is 0 Å². The first-order valence-electron chi connectivity index (χ1n) is 5.12.